The third kappa shape index (κ3) is 6.10. The first kappa shape index (κ1) is 22.5. The number of nitrogens with two attached hydrogens (primary N) is 1. The summed E-state index contributed by atoms with van der Waals surface area (Å²) in [5, 5.41) is 11.0. The summed E-state index contributed by atoms with van der Waals surface area (Å²) in [5.41, 5.74) is 10.7. The van der Waals surface area contributed by atoms with E-state index < -0.39 is 0 Å². The van der Waals surface area contributed by atoms with Gasteiger partial charge in [0.05, 0.1) is 32.2 Å². The molecule has 29 heavy (non-hydrogen) atoms. The molecule has 0 radical (unpaired) electrons. The van der Waals surface area contributed by atoms with Crippen LogP contribution < -0.4 is 26.5 Å². The maximum Gasteiger partial charge on any atom is 0.176 e. The number of aliphatic hydroxyl groups excluding tert-OH is 1. The number of unbranched alkanes of at least 4 members (excludes halogenated alkanes) is 1. The second-order valence-electron chi connectivity index (χ2n) is 6.73. The van der Waals surface area contributed by atoms with E-state index in [0.29, 0.717) is 37.0 Å². The Labute approximate surface area is 172 Å². The minimum absolute atomic E-state index is 0.0314. The fourth-order valence-corrected chi connectivity index (χ4v) is 2.82. The van der Waals surface area contributed by atoms with Gasteiger partial charge in [0.15, 0.2) is 5.82 Å². The molecule has 7 nitrogen and oxygen atoms in total. The molecule has 7 heteroatoms. The van der Waals surface area contributed by atoms with Gasteiger partial charge < -0.3 is 20.1 Å². The van der Waals surface area contributed by atoms with Crippen LogP contribution in [0.5, 0.6) is 5.75 Å². The highest BCUT2D eigenvalue weighted by Gasteiger charge is 2.09. The molecule has 1 aromatic carbocycles. The zero-order valence-electron chi connectivity index (χ0n) is 17.6. The fourth-order valence-electron chi connectivity index (χ4n) is 2.82. The molecular formula is C22H32N4O3. The van der Waals surface area contributed by atoms with Crippen LogP contribution >= 0.6 is 0 Å². The predicted octanol–water partition coefficient (Wildman–Crippen LogP) is 1.60. The molecule has 2 aromatic rings. The molecule has 2 rings (SSSR count). The van der Waals surface area contributed by atoms with Crippen molar-refractivity contribution in [1.29, 1.82) is 0 Å². The van der Waals surface area contributed by atoms with Gasteiger partial charge in [0.1, 0.15) is 11.6 Å². The van der Waals surface area contributed by atoms with E-state index in [1.54, 1.807) is 7.11 Å². The Kier molecular flexibility index (Phi) is 8.76. The minimum Gasteiger partial charge on any atom is -0.496 e. The first-order valence-corrected chi connectivity index (χ1v) is 9.89. The van der Waals surface area contributed by atoms with Crippen LogP contribution in [0.25, 0.3) is 12.4 Å². The maximum absolute atomic E-state index is 9.37. The largest absolute Gasteiger partial charge is 0.496 e. The van der Waals surface area contributed by atoms with E-state index in [1.165, 1.54) is 0 Å². The summed E-state index contributed by atoms with van der Waals surface area (Å²) in [6, 6.07) is 7.60. The number of aromatic nitrogens is 1. The van der Waals surface area contributed by atoms with Gasteiger partial charge in [-0.1, -0.05) is 39.0 Å². The number of aliphatic hydroxyl groups is 1. The van der Waals surface area contributed by atoms with Crippen molar-refractivity contribution in [2.24, 2.45) is 10.7 Å². The van der Waals surface area contributed by atoms with Crippen LogP contribution in [0.1, 0.15) is 44.2 Å². The molecule has 1 heterocycles. The molecule has 0 atom stereocenters. The monoisotopic (exact) mass is 400 g/mol. The van der Waals surface area contributed by atoms with Crippen molar-refractivity contribution in [1.82, 2.24) is 10.0 Å². The van der Waals surface area contributed by atoms with Crippen molar-refractivity contribution in [3.05, 3.63) is 52.2 Å². The van der Waals surface area contributed by atoms with Crippen molar-refractivity contribution in [2.75, 3.05) is 13.7 Å². The average Bonchev–Trinajstić information content (AvgIpc) is 3.10. The molecule has 0 aliphatic heterocycles. The molecule has 1 aromatic heterocycles. The number of nitrogens with one attached hydrogen (secondary N) is 1. The number of hydrogen-bond acceptors (Lipinski definition) is 5. The summed E-state index contributed by atoms with van der Waals surface area (Å²) in [6.45, 7) is 9.28. The number of aliphatic imine (C=N–C) groups is 1. The van der Waals surface area contributed by atoms with Gasteiger partial charge in [-0.3, -0.25) is 4.84 Å². The van der Waals surface area contributed by atoms with E-state index in [2.05, 4.69) is 24.0 Å². The lowest BCUT2D eigenvalue weighted by atomic mass is 10.1. The summed E-state index contributed by atoms with van der Waals surface area (Å²) in [5.74, 6) is 1.75. The van der Waals surface area contributed by atoms with Gasteiger partial charge in [0, 0.05) is 18.2 Å². The van der Waals surface area contributed by atoms with Gasteiger partial charge in [-0.2, -0.15) is 0 Å². The van der Waals surface area contributed by atoms with Gasteiger partial charge in [-0.25, -0.2) is 10.5 Å². The molecule has 158 valence electrons. The topological polar surface area (TPSA) is 94.0 Å². The number of rotatable bonds is 11. The molecule has 0 saturated carbocycles. The average molecular weight is 401 g/mol. The molecule has 0 saturated heterocycles. The molecule has 4 N–H and O–H groups in total. The lowest BCUT2D eigenvalue weighted by Crippen LogP contribution is -2.36. The highest BCUT2D eigenvalue weighted by molar-refractivity contribution is 5.83. The van der Waals surface area contributed by atoms with Crippen molar-refractivity contribution in [2.45, 2.75) is 46.3 Å². The molecule has 0 fully saturated rings. The SMILES string of the molecule is C=c1ccn(Cc2ccc(CO)cc2OC)/c1=C(/N=C(/N)CC)NOCCCC. The lowest BCUT2D eigenvalue weighted by molar-refractivity contribution is 0.0738. The predicted molar refractivity (Wildman–Crippen MR) is 117 cm³/mol. The Morgan fingerprint density at radius 2 is 2.10 bits per heavy atom. The van der Waals surface area contributed by atoms with E-state index in [4.69, 9.17) is 15.3 Å². The summed E-state index contributed by atoms with van der Waals surface area (Å²) in [6.07, 6.45) is 4.56. The van der Waals surface area contributed by atoms with Crippen LogP contribution in [0.4, 0.5) is 0 Å². The third-order valence-corrected chi connectivity index (χ3v) is 4.53. The fraction of sp³-hybridized carbons (Fsp3) is 0.409. The number of benzene rings is 1. The van der Waals surface area contributed by atoms with E-state index in [-0.39, 0.29) is 6.61 Å². The number of nitrogens with zero attached hydrogens (tertiary/aromatic N) is 2. The van der Waals surface area contributed by atoms with E-state index in [9.17, 15) is 5.11 Å². The lowest BCUT2D eigenvalue weighted by Gasteiger charge is -2.13. The van der Waals surface area contributed by atoms with E-state index in [0.717, 1.165) is 34.5 Å². The molecule has 0 unspecified atom stereocenters. The number of hydrogen-bond donors (Lipinski definition) is 3. The molecular weight excluding hydrogens is 368 g/mol. The van der Waals surface area contributed by atoms with Gasteiger partial charge in [-0.05, 0) is 29.3 Å². The quantitative estimate of drug-likeness (QED) is 0.231. The van der Waals surface area contributed by atoms with E-state index >= 15 is 0 Å². The van der Waals surface area contributed by atoms with Gasteiger partial charge >= 0.3 is 0 Å². The standard InChI is InChI=1S/C22H32N4O3/c1-5-7-12-29-25-22(24-20(23)6-2)21-16(3)10-11-26(21)14-18-9-8-17(15-27)13-19(18)28-4/h8-11,13,25,27H,3,5-7,12,14-15H2,1-2,4H3,(H2,23,24)/b22-21-. The first-order chi connectivity index (χ1) is 14.0. The van der Waals surface area contributed by atoms with Crippen LogP contribution in [-0.2, 0) is 18.0 Å². The van der Waals surface area contributed by atoms with Crippen LogP contribution in [0.15, 0.2) is 35.5 Å². The summed E-state index contributed by atoms with van der Waals surface area (Å²) in [7, 11) is 1.62. The van der Waals surface area contributed by atoms with Gasteiger partial charge in [0.25, 0.3) is 0 Å². The Morgan fingerprint density at radius 1 is 1.31 bits per heavy atom. The minimum atomic E-state index is -0.0314. The summed E-state index contributed by atoms with van der Waals surface area (Å²) in [4.78, 5) is 10.1. The first-order valence-electron chi connectivity index (χ1n) is 9.89. The number of amidine groups is 1. The Balaban J connectivity index is 2.49. The normalized spacial score (nSPS) is 12.8. The van der Waals surface area contributed by atoms with Crippen LogP contribution in [-0.4, -0.2) is 29.2 Å². The molecule has 0 spiro atoms. The zero-order chi connectivity index (χ0) is 21.2. The molecule has 0 aliphatic carbocycles. The highest BCUT2D eigenvalue weighted by Crippen LogP contribution is 2.21. The molecule has 0 amide bonds. The maximum atomic E-state index is 9.37. The van der Waals surface area contributed by atoms with Gasteiger partial charge in [0.2, 0.25) is 0 Å². The second kappa shape index (κ2) is 11.3. The third-order valence-electron chi connectivity index (χ3n) is 4.53. The highest BCUT2D eigenvalue weighted by atomic mass is 16.6. The molecule has 0 bridgehead atoms. The van der Waals surface area contributed by atoms with Crippen molar-refractivity contribution < 1.29 is 14.7 Å². The van der Waals surface area contributed by atoms with Crippen LogP contribution in [0.3, 0.4) is 0 Å². The Bertz CT molecular complexity index is 934. The van der Waals surface area contributed by atoms with Crippen LogP contribution in [0, 0.1) is 0 Å². The molecule has 0 aliphatic rings. The number of hydroxylamine groups is 1. The Hall–Kier alpha value is -2.77. The van der Waals surface area contributed by atoms with Crippen molar-refractivity contribution in [3.8, 4) is 5.75 Å². The van der Waals surface area contributed by atoms with Crippen molar-refractivity contribution in [3.63, 3.8) is 0 Å². The van der Waals surface area contributed by atoms with Gasteiger partial charge in [-0.15, -0.1) is 0 Å². The Morgan fingerprint density at radius 3 is 2.76 bits per heavy atom. The van der Waals surface area contributed by atoms with E-state index in [1.807, 2.05) is 42.0 Å². The second-order valence-corrected chi connectivity index (χ2v) is 6.73. The van der Waals surface area contributed by atoms with Crippen LogP contribution in [0.2, 0.25) is 0 Å². The smallest absolute Gasteiger partial charge is 0.176 e. The summed E-state index contributed by atoms with van der Waals surface area (Å²) < 4.78 is 7.53. The number of methoxy groups -OCH3 is 1. The van der Waals surface area contributed by atoms with Crippen molar-refractivity contribution >= 4 is 18.2 Å². The summed E-state index contributed by atoms with van der Waals surface area (Å²) >= 11 is 0. The number of ether oxygens (including phenoxy) is 1. The zero-order valence-corrected chi connectivity index (χ0v) is 17.6.